The first-order valence-corrected chi connectivity index (χ1v) is 10.6. The van der Waals surface area contributed by atoms with E-state index in [1.165, 1.54) is 12.1 Å². The maximum atomic E-state index is 14.0. The summed E-state index contributed by atoms with van der Waals surface area (Å²) in [6.45, 7) is 10.2. The van der Waals surface area contributed by atoms with Crippen molar-refractivity contribution in [2.45, 2.75) is 71.4 Å². The zero-order valence-corrected chi connectivity index (χ0v) is 18.5. The molecule has 0 saturated carbocycles. The Kier molecular flexibility index (Phi) is 6.81. The number of halogens is 1. The molecule has 162 valence electrons. The molecule has 1 aliphatic rings. The zero-order valence-electron chi connectivity index (χ0n) is 18.5. The van der Waals surface area contributed by atoms with Crippen molar-refractivity contribution in [3.63, 3.8) is 0 Å². The predicted octanol–water partition coefficient (Wildman–Crippen LogP) is 6.12. The predicted molar refractivity (Wildman–Crippen MR) is 115 cm³/mol. The third kappa shape index (κ3) is 5.39. The van der Waals surface area contributed by atoms with Gasteiger partial charge < -0.3 is 9.47 Å². The minimum absolute atomic E-state index is 0.150. The van der Waals surface area contributed by atoms with Crippen molar-refractivity contribution in [3.05, 3.63) is 71.5 Å². The molecule has 1 amide bonds. The Morgan fingerprint density at radius 3 is 2.43 bits per heavy atom. The Hall–Kier alpha value is -2.40. The monoisotopic (exact) mass is 413 g/mol. The van der Waals surface area contributed by atoms with Gasteiger partial charge in [-0.1, -0.05) is 56.3 Å². The second kappa shape index (κ2) is 9.17. The molecule has 2 aromatic rings. The molecule has 3 rings (SSSR count). The number of carbonyl (C=O) groups is 1. The molecular formula is C25H32FNO3. The van der Waals surface area contributed by atoms with Crippen LogP contribution in [0, 0.1) is 11.7 Å². The number of nitrogens with zero attached hydrogens (tertiary/aromatic N) is 1. The van der Waals surface area contributed by atoms with Gasteiger partial charge in [-0.05, 0) is 49.9 Å². The average Bonchev–Trinajstić information content (AvgIpc) is 3.06. The number of hydrogen-bond donors (Lipinski definition) is 0. The quantitative estimate of drug-likeness (QED) is 0.593. The summed E-state index contributed by atoms with van der Waals surface area (Å²) in [5.41, 5.74) is 1.23. The van der Waals surface area contributed by atoms with Crippen LogP contribution in [0.25, 0.3) is 0 Å². The summed E-state index contributed by atoms with van der Waals surface area (Å²) in [6.07, 6.45) is 0.0329. The number of rotatable bonds is 5. The minimum atomic E-state index is -0.617. The van der Waals surface area contributed by atoms with E-state index >= 15 is 0 Å². The van der Waals surface area contributed by atoms with Crippen LogP contribution in [-0.4, -0.2) is 28.7 Å². The third-order valence-corrected chi connectivity index (χ3v) is 5.32. The van der Waals surface area contributed by atoms with Gasteiger partial charge in [0.05, 0.1) is 24.8 Å². The summed E-state index contributed by atoms with van der Waals surface area (Å²) in [4.78, 5) is 15.0. The number of amides is 1. The van der Waals surface area contributed by atoms with E-state index in [0.29, 0.717) is 13.0 Å². The van der Waals surface area contributed by atoms with Crippen molar-refractivity contribution in [3.8, 4) is 0 Å². The second-order valence-electron chi connectivity index (χ2n) is 9.26. The van der Waals surface area contributed by atoms with Gasteiger partial charge in [0.1, 0.15) is 11.4 Å². The summed E-state index contributed by atoms with van der Waals surface area (Å²) in [7, 11) is 0. The molecular weight excluding hydrogens is 381 g/mol. The average molecular weight is 414 g/mol. The van der Waals surface area contributed by atoms with Crippen LogP contribution in [0.15, 0.2) is 54.6 Å². The van der Waals surface area contributed by atoms with Crippen LogP contribution in [-0.2, 0) is 16.1 Å². The maximum absolute atomic E-state index is 14.0. The van der Waals surface area contributed by atoms with E-state index < -0.39 is 5.60 Å². The minimum Gasteiger partial charge on any atom is -0.444 e. The lowest BCUT2D eigenvalue weighted by Crippen LogP contribution is -2.46. The Labute approximate surface area is 179 Å². The van der Waals surface area contributed by atoms with Gasteiger partial charge in [0.15, 0.2) is 0 Å². The fraction of sp³-hybridized carbons (Fsp3) is 0.480. The second-order valence-corrected chi connectivity index (χ2v) is 9.26. The highest BCUT2D eigenvalue weighted by atomic mass is 19.1. The van der Waals surface area contributed by atoms with Gasteiger partial charge in [0.2, 0.25) is 0 Å². The standard InChI is InChI=1S/C25H32FNO3/c1-17(2)23-22(29-16-18-10-7-6-8-11-18)15-21(19-12-9-13-20(26)14-19)27(23)24(28)30-25(3,4)5/h6-14,17,21-23H,15-16H2,1-5H3. The zero-order chi connectivity index (χ0) is 21.9. The molecule has 2 aromatic carbocycles. The first-order chi connectivity index (χ1) is 14.2. The van der Waals surface area contributed by atoms with Gasteiger partial charge in [-0.3, -0.25) is 4.90 Å². The molecule has 0 bridgehead atoms. The molecule has 1 aliphatic heterocycles. The van der Waals surface area contributed by atoms with Gasteiger partial charge in [0, 0.05) is 6.42 Å². The van der Waals surface area contributed by atoms with Crippen LogP contribution < -0.4 is 0 Å². The van der Waals surface area contributed by atoms with Crippen molar-refractivity contribution >= 4 is 6.09 Å². The lowest BCUT2D eigenvalue weighted by molar-refractivity contribution is -0.0180. The van der Waals surface area contributed by atoms with E-state index in [-0.39, 0.29) is 36.0 Å². The van der Waals surface area contributed by atoms with E-state index in [4.69, 9.17) is 9.47 Å². The van der Waals surface area contributed by atoms with Gasteiger partial charge in [-0.25, -0.2) is 9.18 Å². The van der Waals surface area contributed by atoms with E-state index in [1.54, 1.807) is 11.0 Å². The highest BCUT2D eigenvalue weighted by molar-refractivity contribution is 5.70. The topological polar surface area (TPSA) is 38.8 Å². The molecule has 1 heterocycles. The van der Waals surface area contributed by atoms with Gasteiger partial charge >= 0.3 is 6.09 Å². The first kappa shape index (κ1) is 22.3. The summed E-state index contributed by atoms with van der Waals surface area (Å²) >= 11 is 0. The van der Waals surface area contributed by atoms with E-state index in [9.17, 15) is 9.18 Å². The molecule has 4 nitrogen and oxygen atoms in total. The van der Waals surface area contributed by atoms with Gasteiger partial charge in [-0.2, -0.15) is 0 Å². The molecule has 3 unspecified atom stereocenters. The number of likely N-dealkylation sites (tertiary alicyclic amines) is 1. The fourth-order valence-corrected chi connectivity index (χ4v) is 4.13. The van der Waals surface area contributed by atoms with Crippen LogP contribution in [0.3, 0.4) is 0 Å². The number of ether oxygens (including phenoxy) is 2. The van der Waals surface area contributed by atoms with E-state index in [2.05, 4.69) is 13.8 Å². The smallest absolute Gasteiger partial charge is 0.411 e. The van der Waals surface area contributed by atoms with Crippen molar-refractivity contribution in [1.82, 2.24) is 4.90 Å². The molecule has 1 fully saturated rings. The van der Waals surface area contributed by atoms with Crippen molar-refractivity contribution in [2.75, 3.05) is 0 Å². The highest BCUT2D eigenvalue weighted by Crippen LogP contribution is 2.42. The third-order valence-electron chi connectivity index (χ3n) is 5.32. The highest BCUT2D eigenvalue weighted by Gasteiger charge is 2.48. The Morgan fingerprint density at radius 2 is 1.83 bits per heavy atom. The van der Waals surface area contributed by atoms with Crippen molar-refractivity contribution in [2.24, 2.45) is 5.92 Å². The largest absolute Gasteiger partial charge is 0.444 e. The Bertz CT molecular complexity index is 847. The molecule has 0 aliphatic carbocycles. The van der Waals surface area contributed by atoms with Crippen LogP contribution in [0.5, 0.6) is 0 Å². The summed E-state index contributed by atoms with van der Waals surface area (Å²) in [5.74, 6) is -0.164. The maximum Gasteiger partial charge on any atom is 0.411 e. The lowest BCUT2D eigenvalue weighted by Gasteiger charge is -2.35. The van der Waals surface area contributed by atoms with Crippen molar-refractivity contribution in [1.29, 1.82) is 0 Å². The molecule has 3 atom stereocenters. The molecule has 0 N–H and O–H groups in total. The summed E-state index contributed by atoms with van der Waals surface area (Å²) < 4.78 is 26.0. The van der Waals surface area contributed by atoms with Crippen LogP contribution in [0.1, 0.15) is 58.2 Å². The molecule has 5 heteroatoms. The molecule has 0 aromatic heterocycles. The number of benzene rings is 2. The van der Waals surface area contributed by atoms with E-state index in [0.717, 1.165) is 11.1 Å². The molecule has 0 spiro atoms. The Morgan fingerprint density at radius 1 is 1.13 bits per heavy atom. The SMILES string of the molecule is CC(C)C1C(OCc2ccccc2)CC(c2cccc(F)c2)N1C(=O)OC(C)(C)C. The van der Waals surface area contributed by atoms with E-state index in [1.807, 2.05) is 57.2 Å². The first-order valence-electron chi connectivity index (χ1n) is 10.6. The number of hydrogen-bond acceptors (Lipinski definition) is 3. The van der Waals surface area contributed by atoms with Crippen LogP contribution >= 0.6 is 0 Å². The summed E-state index contributed by atoms with van der Waals surface area (Å²) in [5, 5.41) is 0. The molecule has 1 saturated heterocycles. The van der Waals surface area contributed by atoms with Crippen molar-refractivity contribution < 1.29 is 18.7 Å². The number of carbonyl (C=O) groups excluding carboxylic acids is 1. The van der Waals surface area contributed by atoms with Crippen LogP contribution in [0.4, 0.5) is 9.18 Å². The Balaban J connectivity index is 1.91. The lowest BCUT2D eigenvalue weighted by atomic mass is 9.98. The normalized spacial score (nSPS) is 21.8. The fourth-order valence-electron chi connectivity index (χ4n) is 4.13. The molecule has 30 heavy (non-hydrogen) atoms. The van der Waals surface area contributed by atoms with Crippen LogP contribution in [0.2, 0.25) is 0 Å². The summed E-state index contributed by atoms with van der Waals surface area (Å²) in [6, 6.07) is 16.0. The molecule has 0 radical (unpaired) electrons. The van der Waals surface area contributed by atoms with Gasteiger partial charge in [0.25, 0.3) is 0 Å². The van der Waals surface area contributed by atoms with Gasteiger partial charge in [-0.15, -0.1) is 0 Å².